The van der Waals surface area contributed by atoms with Crippen molar-refractivity contribution in [1.82, 2.24) is 14.7 Å². The van der Waals surface area contributed by atoms with Gasteiger partial charge in [0, 0.05) is 32.7 Å². The van der Waals surface area contributed by atoms with Crippen LogP contribution in [-0.2, 0) is 4.79 Å². The van der Waals surface area contributed by atoms with E-state index in [0.29, 0.717) is 19.4 Å². The van der Waals surface area contributed by atoms with E-state index in [1.165, 1.54) is 12.8 Å². The van der Waals surface area contributed by atoms with E-state index in [1.807, 2.05) is 18.9 Å². The van der Waals surface area contributed by atoms with Gasteiger partial charge in [-0.2, -0.15) is 0 Å². The lowest BCUT2D eigenvalue weighted by molar-refractivity contribution is -0.156. The van der Waals surface area contributed by atoms with Gasteiger partial charge in [-0.05, 0) is 52.7 Å². The van der Waals surface area contributed by atoms with Crippen molar-refractivity contribution >= 4 is 5.91 Å². The van der Waals surface area contributed by atoms with Crippen LogP contribution in [0.3, 0.4) is 0 Å². The van der Waals surface area contributed by atoms with Gasteiger partial charge >= 0.3 is 0 Å². The second-order valence-electron chi connectivity index (χ2n) is 6.27. The van der Waals surface area contributed by atoms with Gasteiger partial charge in [0.2, 0.25) is 0 Å². The van der Waals surface area contributed by atoms with Crippen LogP contribution in [0.1, 0.15) is 32.6 Å². The number of hydrogen-bond acceptors (Lipinski definition) is 4. The first-order chi connectivity index (χ1) is 9.55. The molecule has 1 amide bonds. The molecule has 5 nitrogen and oxygen atoms in total. The van der Waals surface area contributed by atoms with Gasteiger partial charge in [-0.25, -0.2) is 0 Å². The Balaban J connectivity index is 1.87. The van der Waals surface area contributed by atoms with Crippen LogP contribution in [0, 0.1) is 0 Å². The van der Waals surface area contributed by atoms with Crippen LogP contribution >= 0.6 is 0 Å². The lowest BCUT2D eigenvalue weighted by Gasteiger charge is -2.38. The predicted molar refractivity (Wildman–Crippen MR) is 79.6 cm³/mol. The molecule has 2 aliphatic heterocycles. The van der Waals surface area contributed by atoms with Crippen LogP contribution in [-0.4, -0.2) is 84.2 Å². The first-order valence-electron chi connectivity index (χ1n) is 7.98. The van der Waals surface area contributed by atoms with Crippen molar-refractivity contribution in [2.75, 3.05) is 52.9 Å². The highest BCUT2D eigenvalue weighted by Crippen LogP contribution is 2.24. The molecule has 2 saturated heterocycles. The highest BCUT2D eigenvalue weighted by molar-refractivity contribution is 5.85. The van der Waals surface area contributed by atoms with Crippen molar-refractivity contribution in [3.63, 3.8) is 0 Å². The van der Waals surface area contributed by atoms with Crippen molar-refractivity contribution in [3.05, 3.63) is 0 Å². The Morgan fingerprint density at radius 3 is 2.35 bits per heavy atom. The number of carbonyl (C=O) groups excluding carboxylic acids is 1. The molecule has 2 heterocycles. The first-order valence-corrected chi connectivity index (χ1v) is 7.98. The molecule has 2 fully saturated rings. The van der Waals surface area contributed by atoms with Gasteiger partial charge < -0.3 is 19.8 Å². The van der Waals surface area contributed by atoms with Crippen LogP contribution in [0.15, 0.2) is 0 Å². The summed E-state index contributed by atoms with van der Waals surface area (Å²) in [5, 5.41) is 10.6. The fourth-order valence-corrected chi connectivity index (χ4v) is 3.17. The molecule has 0 bridgehead atoms. The lowest BCUT2D eigenvalue weighted by atomic mass is 9.90. The third kappa shape index (κ3) is 3.71. The van der Waals surface area contributed by atoms with Gasteiger partial charge in [-0.3, -0.25) is 4.79 Å². The second-order valence-corrected chi connectivity index (χ2v) is 6.27. The van der Waals surface area contributed by atoms with Crippen molar-refractivity contribution in [2.24, 2.45) is 0 Å². The number of carbonyl (C=O) groups is 1. The normalized spacial score (nSPS) is 23.9. The van der Waals surface area contributed by atoms with Gasteiger partial charge in [-0.15, -0.1) is 0 Å². The maximum absolute atomic E-state index is 12.6. The molecular weight excluding hydrogens is 254 g/mol. The number of likely N-dealkylation sites (tertiary alicyclic amines) is 2. The minimum Gasteiger partial charge on any atom is -0.380 e. The number of hydrogen-bond donors (Lipinski definition) is 1. The topological polar surface area (TPSA) is 47.0 Å². The van der Waals surface area contributed by atoms with E-state index in [0.717, 1.165) is 39.3 Å². The van der Waals surface area contributed by atoms with Crippen LogP contribution in [0.25, 0.3) is 0 Å². The van der Waals surface area contributed by atoms with Crippen LogP contribution in [0.4, 0.5) is 0 Å². The molecule has 0 aromatic rings. The molecule has 0 aliphatic carbocycles. The summed E-state index contributed by atoms with van der Waals surface area (Å²) in [5.41, 5.74) is -1.13. The molecule has 0 aromatic carbocycles. The number of amides is 1. The maximum atomic E-state index is 12.6. The van der Waals surface area contributed by atoms with Crippen LogP contribution < -0.4 is 0 Å². The number of nitrogens with zero attached hydrogens (tertiary/aromatic N) is 3. The van der Waals surface area contributed by atoms with Crippen molar-refractivity contribution in [2.45, 2.75) is 38.2 Å². The Labute approximate surface area is 122 Å². The maximum Gasteiger partial charge on any atom is 0.254 e. The highest BCUT2D eigenvalue weighted by Gasteiger charge is 2.40. The highest BCUT2D eigenvalue weighted by atomic mass is 16.3. The third-order valence-corrected chi connectivity index (χ3v) is 4.77. The van der Waals surface area contributed by atoms with Gasteiger partial charge in [0.05, 0.1) is 0 Å². The third-order valence-electron chi connectivity index (χ3n) is 4.77. The average Bonchev–Trinajstić information content (AvgIpc) is 2.96. The first kappa shape index (κ1) is 15.7. The standard InChI is InChI=1S/C15H29N3O2/c1-3-18(13-12-17-8-4-5-9-17)14(19)15(20)6-10-16(2)11-7-15/h20H,3-13H2,1-2H3. The summed E-state index contributed by atoms with van der Waals surface area (Å²) in [7, 11) is 2.04. The van der Waals surface area contributed by atoms with Crippen molar-refractivity contribution < 1.29 is 9.90 Å². The molecule has 2 rings (SSSR count). The van der Waals surface area contributed by atoms with Crippen molar-refractivity contribution in [3.8, 4) is 0 Å². The summed E-state index contributed by atoms with van der Waals surface area (Å²) < 4.78 is 0. The number of likely N-dealkylation sites (N-methyl/N-ethyl adjacent to an activating group) is 1. The SMILES string of the molecule is CCN(CCN1CCCC1)C(=O)C1(O)CCN(C)CC1. The zero-order valence-corrected chi connectivity index (χ0v) is 13.0. The molecule has 0 radical (unpaired) electrons. The Bertz CT molecular complexity index is 321. The molecule has 0 saturated carbocycles. The van der Waals surface area contributed by atoms with E-state index >= 15 is 0 Å². The molecule has 5 heteroatoms. The van der Waals surface area contributed by atoms with Gasteiger partial charge in [0.15, 0.2) is 0 Å². The molecule has 116 valence electrons. The summed E-state index contributed by atoms with van der Waals surface area (Å²) in [6.45, 7) is 8.27. The Hall–Kier alpha value is -0.650. The van der Waals surface area contributed by atoms with Gasteiger partial charge in [-0.1, -0.05) is 0 Å². The minimum absolute atomic E-state index is 0.0627. The zero-order chi connectivity index (χ0) is 14.6. The smallest absolute Gasteiger partial charge is 0.254 e. The minimum atomic E-state index is -1.13. The van der Waals surface area contributed by atoms with E-state index in [9.17, 15) is 9.90 Å². The van der Waals surface area contributed by atoms with Crippen LogP contribution in [0.2, 0.25) is 0 Å². The molecule has 0 atom stereocenters. The molecular formula is C15H29N3O2. The molecule has 0 unspecified atom stereocenters. The molecule has 0 aromatic heterocycles. The fraction of sp³-hybridized carbons (Fsp3) is 0.933. The quantitative estimate of drug-likeness (QED) is 0.793. The summed E-state index contributed by atoms with van der Waals surface area (Å²) in [5.74, 6) is -0.0627. The van der Waals surface area contributed by atoms with Crippen molar-refractivity contribution in [1.29, 1.82) is 0 Å². The van der Waals surface area contributed by atoms with E-state index in [4.69, 9.17) is 0 Å². The number of rotatable bonds is 5. The Morgan fingerprint density at radius 2 is 1.80 bits per heavy atom. The van der Waals surface area contributed by atoms with E-state index in [2.05, 4.69) is 9.80 Å². The molecule has 1 N–H and O–H groups in total. The van der Waals surface area contributed by atoms with Crippen LogP contribution in [0.5, 0.6) is 0 Å². The second kappa shape index (κ2) is 6.87. The summed E-state index contributed by atoms with van der Waals surface area (Å²) in [6, 6.07) is 0. The summed E-state index contributed by atoms with van der Waals surface area (Å²) in [6.07, 6.45) is 3.66. The molecule has 20 heavy (non-hydrogen) atoms. The van der Waals surface area contributed by atoms with E-state index < -0.39 is 5.60 Å². The lowest BCUT2D eigenvalue weighted by Crippen LogP contribution is -2.55. The number of aliphatic hydroxyl groups is 1. The van der Waals surface area contributed by atoms with Gasteiger partial charge in [0.25, 0.3) is 5.91 Å². The average molecular weight is 283 g/mol. The summed E-state index contributed by atoms with van der Waals surface area (Å²) in [4.78, 5) is 19.0. The largest absolute Gasteiger partial charge is 0.380 e. The van der Waals surface area contributed by atoms with E-state index in [-0.39, 0.29) is 5.91 Å². The predicted octanol–water partition coefficient (Wildman–Crippen LogP) is 0.387. The number of piperidine rings is 1. The summed E-state index contributed by atoms with van der Waals surface area (Å²) >= 11 is 0. The zero-order valence-electron chi connectivity index (χ0n) is 13.0. The molecule has 0 spiro atoms. The Morgan fingerprint density at radius 1 is 1.20 bits per heavy atom. The molecule has 2 aliphatic rings. The van der Waals surface area contributed by atoms with Gasteiger partial charge in [0.1, 0.15) is 5.60 Å². The van der Waals surface area contributed by atoms with E-state index in [1.54, 1.807) is 0 Å². The Kier molecular flexibility index (Phi) is 5.41. The fourth-order valence-electron chi connectivity index (χ4n) is 3.17. The monoisotopic (exact) mass is 283 g/mol.